The molecule has 0 saturated carbocycles. The predicted octanol–water partition coefficient (Wildman–Crippen LogP) is 3.48. The standard InChI is InChI=1S/C9H6F7NO2/c1-18-6-2-4(8(11,12)13)7(5(3-10)17-6)19-9(14,15)16/h2H,3H2,1H3. The Balaban J connectivity index is 3.47. The van der Waals surface area contributed by atoms with Crippen molar-refractivity contribution in [2.75, 3.05) is 7.11 Å². The summed E-state index contributed by atoms with van der Waals surface area (Å²) in [6, 6.07) is 0.195. The summed E-state index contributed by atoms with van der Waals surface area (Å²) in [5.74, 6) is -2.39. The highest BCUT2D eigenvalue weighted by molar-refractivity contribution is 5.42. The van der Waals surface area contributed by atoms with Crippen LogP contribution >= 0.6 is 0 Å². The monoisotopic (exact) mass is 293 g/mol. The van der Waals surface area contributed by atoms with Gasteiger partial charge in [0.1, 0.15) is 17.9 Å². The molecule has 0 aliphatic rings. The van der Waals surface area contributed by atoms with E-state index in [1.54, 1.807) is 0 Å². The van der Waals surface area contributed by atoms with Crippen LogP contribution < -0.4 is 9.47 Å². The van der Waals surface area contributed by atoms with Crippen LogP contribution in [0.4, 0.5) is 30.7 Å². The average molecular weight is 293 g/mol. The number of rotatable bonds is 3. The van der Waals surface area contributed by atoms with Crippen LogP contribution in [0.25, 0.3) is 0 Å². The van der Waals surface area contributed by atoms with E-state index in [0.29, 0.717) is 0 Å². The van der Waals surface area contributed by atoms with Crippen molar-refractivity contribution in [2.45, 2.75) is 19.2 Å². The number of alkyl halides is 7. The summed E-state index contributed by atoms with van der Waals surface area (Å²) in [5, 5.41) is 0. The van der Waals surface area contributed by atoms with Gasteiger partial charge in [-0.25, -0.2) is 9.37 Å². The van der Waals surface area contributed by atoms with Crippen molar-refractivity contribution < 1.29 is 40.2 Å². The maximum Gasteiger partial charge on any atom is 0.573 e. The number of methoxy groups -OCH3 is 1. The molecule has 0 aliphatic heterocycles. The molecule has 0 unspecified atom stereocenters. The van der Waals surface area contributed by atoms with Gasteiger partial charge in [-0.2, -0.15) is 13.2 Å². The molecule has 1 aromatic rings. The van der Waals surface area contributed by atoms with Gasteiger partial charge >= 0.3 is 12.5 Å². The van der Waals surface area contributed by atoms with E-state index in [4.69, 9.17) is 0 Å². The van der Waals surface area contributed by atoms with Crippen LogP contribution in [-0.4, -0.2) is 18.5 Å². The summed E-state index contributed by atoms with van der Waals surface area (Å²) in [7, 11) is 0.939. The molecule has 108 valence electrons. The van der Waals surface area contributed by atoms with Crippen molar-refractivity contribution in [3.05, 3.63) is 17.3 Å². The average Bonchev–Trinajstić information content (AvgIpc) is 2.25. The van der Waals surface area contributed by atoms with Gasteiger partial charge < -0.3 is 9.47 Å². The second-order valence-electron chi connectivity index (χ2n) is 3.17. The van der Waals surface area contributed by atoms with Crippen molar-refractivity contribution in [1.29, 1.82) is 0 Å². The first kappa shape index (κ1) is 15.3. The van der Waals surface area contributed by atoms with E-state index in [2.05, 4.69) is 14.5 Å². The second kappa shape index (κ2) is 5.10. The Bertz CT molecular complexity index is 455. The van der Waals surface area contributed by atoms with Crippen molar-refractivity contribution in [2.24, 2.45) is 0 Å². The molecule has 0 aliphatic carbocycles. The number of hydrogen-bond donors (Lipinski definition) is 0. The van der Waals surface area contributed by atoms with E-state index in [-0.39, 0.29) is 6.07 Å². The molecule has 1 rings (SSSR count). The van der Waals surface area contributed by atoms with E-state index >= 15 is 0 Å². The molecule has 10 heteroatoms. The summed E-state index contributed by atoms with van der Waals surface area (Å²) in [4.78, 5) is 3.15. The number of hydrogen-bond acceptors (Lipinski definition) is 3. The van der Waals surface area contributed by atoms with Gasteiger partial charge in [0, 0.05) is 6.07 Å². The first-order chi connectivity index (χ1) is 8.58. The zero-order valence-corrected chi connectivity index (χ0v) is 9.19. The molecule has 0 radical (unpaired) electrons. The maximum absolute atomic E-state index is 12.6. The molecule has 0 saturated heterocycles. The molecule has 0 bridgehead atoms. The van der Waals surface area contributed by atoms with Gasteiger partial charge in [-0.15, -0.1) is 13.2 Å². The third-order valence-corrected chi connectivity index (χ3v) is 1.88. The zero-order valence-electron chi connectivity index (χ0n) is 9.19. The van der Waals surface area contributed by atoms with Gasteiger partial charge in [0.2, 0.25) is 5.88 Å². The highest BCUT2D eigenvalue weighted by Crippen LogP contribution is 2.41. The first-order valence-corrected chi connectivity index (χ1v) is 4.55. The van der Waals surface area contributed by atoms with Crippen molar-refractivity contribution in [3.63, 3.8) is 0 Å². The van der Waals surface area contributed by atoms with E-state index in [9.17, 15) is 30.7 Å². The minimum absolute atomic E-state index is 0.195. The molecular formula is C9H6F7NO2. The molecule has 0 N–H and O–H groups in total. The van der Waals surface area contributed by atoms with Crippen molar-refractivity contribution >= 4 is 0 Å². The van der Waals surface area contributed by atoms with Crippen LogP contribution in [-0.2, 0) is 12.9 Å². The summed E-state index contributed by atoms with van der Waals surface area (Å²) >= 11 is 0. The van der Waals surface area contributed by atoms with Crippen LogP contribution in [0.3, 0.4) is 0 Å². The molecule has 1 aromatic heterocycles. The Kier molecular flexibility index (Phi) is 4.11. The van der Waals surface area contributed by atoms with Crippen LogP contribution in [0.5, 0.6) is 11.6 Å². The van der Waals surface area contributed by atoms with Gasteiger partial charge in [0.25, 0.3) is 0 Å². The van der Waals surface area contributed by atoms with Crippen LogP contribution in [0.1, 0.15) is 11.3 Å². The highest BCUT2D eigenvalue weighted by Gasteiger charge is 2.41. The van der Waals surface area contributed by atoms with Crippen LogP contribution in [0.15, 0.2) is 6.07 Å². The molecule has 0 aromatic carbocycles. The zero-order chi connectivity index (χ0) is 14.8. The van der Waals surface area contributed by atoms with Crippen molar-refractivity contribution in [1.82, 2.24) is 4.98 Å². The number of nitrogens with zero attached hydrogens (tertiary/aromatic N) is 1. The number of halogens is 7. The smallest absolute Gasteiger partial charge is 0.481 e. The van der Waals surface area contributed by atoms with Gasteiger partial charge in [-0.3, -0.25) is 0 Å². The Morgan fingerprint density at radius 2 is 1.74 bits per heavy atom. The minimum Gasteiger partial charge on any atom is -0.481 e. The van der Waals surface area contributed by atoms with Gasteiger partial charge in [-0.1, -0.05) is 0 Å². The summed E-state index contributed by atoms with van der Waals surface area (Å²) < 4.78 is 94.0. The fourth-order valence-electron chi connectivity index (χ4n) is 1.20. The molecule has 0 atom stereocenters. The number of pyridine rings is 1. The summed E-state index contributed by atoms with van der Waals surface area (Å²) in [5.41, 5.74) is -2.96. The lowest BCUT2D eigenvalue weighted by Gasteiger charge is -2.17. The normalized spacial score (nSPS) is 12.4. The Labute approximate surface area is 101 Å². The lowest BCUT2D eigenvalue weighted by atomic mass is 10.2. The number of ether oxygens (including phenoxy) is 2. The van der Waals surface area contributed by atoms with Gasteiger partial charge in [0.15, 0.2) is 5.75 Å². The SMILES string of the molecule is COc1cc(C(F)(F)F)c(OC(F)(F)F)c(CF)n1. The first-order valence-electron chi connectivity index (χ1n) is 4.55. The lowest BCUT2D eigenvalue weighted by Crippen LogP contribution is -2.22. The molecule has 1 heterocycles. The van der Waals surface area contributed by atoms with E-state index in [1.165, 1.54) is 0 Å². The number of aromatic nitrogens is 1. The molecular weight excluding hydrogens is 287 g/mol. The molecule has 19 heavy (non-hydrogen) atoms. The summed E-state index contributed by atoms with van der Waals surface area (Å²) in [6.07, 6.45) is -10.6. The molecule has 0 fully saturated rings. The van der Waals surface area contributed by atoms with Crippen LogP contribution in [0.2, 0.25) is 0 Å². The fourth-order valence-corrected chi connectivity index (χ4v) is 1.20. The second-order valence-corrected chi connectivity index (χ2v) is 3.17. The fraction of sp³-hybridized carbons (Fsp3) is 0.444. The Morgan fingerprint density at radius 1 is 1.16 bits per heavy atom. The van der Waals surface area contributed by atoms with Crippen molar-refractivity contribution in [3.8, 4) is 11.6 Å². The third-order valence-electron chi connectivity index (χ3n) is 1.88. The topological polar surface area (TPSA) is 31.4 Å². The van der Waals surface area contributed by atoms with E-state index in [0.717, 1.165) is 7.11 Å². The van der Waals surface area contributed by atoms with Crippen LogP contribution in [0, 0.1) is 0 Å². The maximum atomic E-state index is 12.6. The molecule has 0 spiro atoms. The summed E-state index contributed by atoms with van der Waals surface area (Å²) in [6.45, 7) is -1.67. The minimum atomic E-state index is -5.40. The highest BCUT2D eigenvalue weighted by atomic mass is 19.4. The molecule has 0 amide bonds. The molecule has 3 nitrogen and oxygen atoms in total. The quantitative estimate of drug-likeness (QED) is 0.800. The largest absolute Gasteiger partial charge is 0.573 e. The lowest BCUT2D eigenvalue weighted by molar-refractivity contribution is -0.276. The van der Waals surface area contributed by atoms with Gasteiger partial charge in [0.05, 0.1) is 7.11 Å². The van der Waals surface area contributed by atoms with E-state index < -0.39 is 42.1 Å². The Morgan fingerprint density at radius 3 is 2.11 bits per heavy atom. The van der Waals surface area contributed by atoms with Gasteiger partial charge in [-0.05, 0) is 0 Å². The Hall–Kier alpha value is -1.74. The third kappa shape index (κ3) is 3.86. The van der Waals surface area contributed by atoms with E-state index in [1.807, 2.05) is 0 Å². The predicted molar refractivity (Wildman–Crippen MR) is 47.3 cm³/mol.